The van der Waals surface area contributed by atoms with Crippen LogP contribution in [0.2, 0.25) is 0 Å². The molecule has 9 heteroatoms. The van der Waals surface area contributed by atoms with Crippen LogP contribution in [-0.4, -0.2) is 35.2 Å². The highest BCUT2D eigenvalue weighted by molar-refractivity contribution is 7.91. The first-order valence-electron chi connectivity index (χ1n) is 9.59. The maximum Gasteiger partial charge on any atom is 0.249 e. The van der Waals surface area contributed by atoms with Crippen LogP contribution in [0.15, 0.2) is 58.2 Å². The highest BCUT2D eigenvalue weighted by Gasteiger charge is 2.26. The normalized spacial score (nSPS) is 12.7. The zero-order chi connectivity index (χ0) is 21.7. The standard InChI is InChI=1S/C21H24N4O4S/c1-14(2)19(21-24-20(25-29-21)16-8-11-22-12-9-16)23-18(26)10-13-30(27,28)17-6-4-15(3)5-7-17/h4-9,11-12,14,19H,10,13H2,1-3H3,(H,23,26). The fourth-order valence-electron chi connectivity index (χ4n) is 2.83. The van der Waals surface area contributed by atoms with Gasteiger partial charge in [-0.2, -0.15) is 4.98 Å². The number of nitrogens with one attached hydrogen (secondary N) is 1. The lowest BCUT2D eigenvalue weighted by Crippen LogP contribution is -2.33. The highest BCUT2D eigenvalue weighted by atomic mass is 32.2. The van der Waals surface area contributed by atoms with Crippen LogP contribution in [0.3, 0.4) is 0 Å². The number of amides is 1. The van der Waals surface area contributed by atoms with Gasteiger partial charge in [0.15, 0.2) is 9.84 Å². The average Bonchev–Trinajstić information content (AvgIpc) is 3.21. The Labute approximate surface area is 175 Å². The van der Waals surface area contributed by atoms with Crippen LogP contribution in [0.5, 0.6) is 0 Å². The molecular formula is C21H24N4O4S. The van der Waals surface area contributed by atoms with Gasteiger partial charge in [-0.05, 0) is 37.1 Å². The third kappa shape index (κ3) is 5.29. The number of hydrogen-bond acceptors (Lipinski definition) is 7. The molecule has 158 valence electrons. The van der Waals surface area contributed by atoms with Gasteiger partial charge in [0.2, 0.25) is 17.6 Å². The summed E-state index contributed by atoms with van der Waals surface area (Å²) in [6.45, 7) is 5.70. The first-order valence-corrected chi connectivity index (χ1v) is 11.2. The van der Waals surface area contributed by atoms with E-state index < -0.39 is 21.8 Å². The van der Waals surface area contributed by atoms with Crippen molar-refractivity contribution in [2.75, 3.05) is 5.75 Å². The average molecular weight is 429 g/mol. The van der Waals surface area contributed by atoms with E-state index in [2.05, 4.69) is 20.4 Å². The number of pyridine rings is 1. The van der Waals surface area contributed by atoms with Crippen molar-refractivity contribution in [3.05, 3.63) is 60.2 Å². The number of hydrogen-bond donors (Lipinski definition) is 1. The van der Waals surface area contributed by atoms with Crippen LogP contribution in [0.25, 0.3) is 11.4 Å². The summed E-state index contributed by atoms with van der Waals surface area (Å²) in [7, 11) is -3.54. The second kappa shape index (κ2) is 9.17. The topological polar surface area (TPSA) is 115 Å². The summed E-state index contributed by atoms with van der Waals surface area (Å²) in [4.78, 5) is 21.0. The predicted molar refractivity (Wildman–Crippen MR) is 111 cm³/mol. The third-order valence-corrected chi connectivity index (χ3v) is 6.34. The molecule has 30 heavy (non-hydrogen) atoms. The van der Waals surface area contributed by atoms with Crippen LogP contribution < -0.4 is 5.32 Å². The minimum absolute atomic E-state index is 0.0339. The number of rotatable bonds is 8. The van der Waals surface area contributed by atoms with Crippen LogP contribution in [-0.2, 0) is 14.6 Å². The molecule has 2 aromatic heterocycles. The van der Waals surface area contributed by atoms with Crippen molar-refractivity contribution < 1.29 is 17.7 Å². The molecule has 0 fully saturated rings. The first kappa shape index (κ1) is 21.6. The fraction of sp³-hybridized carbons (Fsp3) is 0.333. The van der Waals surface area contributed by atoms with E-state index in [0.717, 1.165) is 11.1 Å². The zero-order valence-corrected chi connectivity index (χ0v) is 17.9. The van der Waals surface area contributed by atoms with E-state index in [1.54, 1.807) is 48.8 Å². The van der Waals surface area contributed by atoms with Gasteiger partial charge in [-0.1, -0.05) is 36.7 Å². The van der Waals surface area contributed by atoms with E-state index in [4.69, 9.17) is 4.52 Å². The Bertz CT molecular complexity index is 1090. The number of aryl methyl sites for hydroxylation is 1. The number of carbonyl (C=O) groups excluding carboxylic acids is 1. The molecule has 0 aliphatic carbocycles. The van der Waals surface area contributed by atoms with Crippen molar-refractivity contribution in [2.24, 2.45) is 5.92 Å². The molecule has 2 heterocycles. The monoisotopic (exact) mass is 428 g/mol. The molecule has 1 amide bonds. The van der Waals surface area contributed by atoms with Gasteiger partial charge in [0.25, 0.3) is 0 Å². The Morgan fingerprint density at radius 3 is 2.40 bits per heavy atom. The van der Waals surface area contributed by atoms with Gasteiger partial charge in [0.1, 0.15) is 6.04 Å². The molecule has 0 bridgehead atoms. The summed E-state index contributed by atoms with van der Waals surface area (Å²) < 4.78 is 30.3. The van der Waals surface area contributed by atoms with Crippen molar-refractivity contribution >= 4 is 15.7 Å². The largest absolute Gasteiger partial charge is 0.344 e. The summed E-state index contributed by atoms with van der Waals surface area (Å²) in [6.07, 6.45) is 3.09. The Morgan fingerprint density at radius 2 is 1.77 bits per heavy atom. The molecule has 0 spiro atoms. The minimum atomic E-state index is -3.54. The molecule has 0 saturated carbocycles. The molecule has 3 aromatic rings. The van der Waals surface area contributed by atoms with Gasteiger partial charge in [-0.15, -0.1) is 0 Å². The van der Waals surface area contributed by atoms with Crippen molar-refractivity contribution in [3.8, 4) is 11.4 Å². The Kier molecular flexibility index (Phi) is 6.61. The van der Waals surface area contributed by atoms with Gasteiger partial charge in [0, 0.05) is 24.4 Å². The van der Waals surface area contributed by atoms with E-state index >= 15 is 0 Å². The molecule has 1 atom stereocenters. The molecule has 0 saturated heterocycles. The van der Waals surface area contributed by atoms with Crippen molar-refractivity contribution in [3.63, 3.8) is 0 Å². The molecule has 3 rings (SSSR count). The number of nitrogens with zero attached hydrogens (tertiary/aromatic N) is 3. The van der Waals surface area contributed by atoms with E-state index in [-0.39, 0.29) is 28.9 Å². The summed E-state index contributed by atoms with van der Waals surface area (Å²) in [5.74, 6) is -0.0408. The number of carbonyl (C=O) groups is 1. The summed E-state index contributed by atoms with van der Waals surface area (Å²) in [5.41, 5.74) is 1.72. The summed E-state index contributed by atoms with van der Waals surface area (Å²) in [5, 5.41) is 6.79. The smallest absolute Gasteiger partial charge is 0.249 e. The van der Waals surface area contributed by atoms with E-state index in [1.807, 2.05) is 20.8 Å². The van der Waals surface area contributed by atoms with Gasteiger partial charge in [-0.25, -0.2) is 8.42 Å². The fourth-order valence-corrected chi connectivity index (χ4v) is 4.07. The Morgan fingerprint density at radius 1 is 1.10 bits per heavy atom. The number of sulfone groups is 1. The summed E-state index contributed by atoms with van der Waals surface area (Å²) in [6, 6.07) is 9.57. The number of benzene rings is 1. The zero-order valence-electron chi connectivity index (χ0n) is 17.1. The van der Waals surface area contributed by atoms with Crippen LogP contribution in [0, 0.1) is 12.8 Å². The SMILES string of the molecule is Cc1ccc(S(=O)(=O)CCC(=O)NC(c2nc(-c3ccncc3)no2)C(C)C)cc1. The van der Waals surface area contributed by atoms with Crippen molar-refractivity contribution in [1.82, 2.24) is 20.4 Å². The van der Waals surface area contributed by atoms with Gasteiger partial charge < -0.3 is 9.84 Å². The Hall–Kier alpha value is -3.07. The Balaban J connectivity index is 1.66. The third-order valence-electron chi connectivity index (χ3n) is 4.61. The van der Waals surface area contributed by atoms with E-state index in [0.29, 0.717) is 5.82 Å². The molecule has 0 aliphatic heterocycles. The maximum atomic E-state index is 12.5. The lowest BCUT2D eigenvalue weighted by atomic mass is 10.0. The van der Waals surface area contributed by atoms with Gasteiger partial charge in [-0.3, -0.25) is 9.78 Å². The predicted octanol–water partition coefficient (Wildman–Crippen LogP) is 3.12. The van der Waals surface area contributed by atoms with Crippen LogP contribution in [0.1, 0.15) is 37.8 Å². The minimum Gasteiger partial charge on any atom is -0.344 e. The lowest BCUT2D eigenvalue weighted by Gasteiger charge is -2.18. The molecule has 1 aromatic carbocycles. The molecule has 1 N–H and O–H groups in total. The van der Waals surface area contributed by atoms with Crippen molar-refractivity contribution in [2.45, 2.75) is 38.1 Å². The van der Waals surface area contributed by atoms with Crippen molar-refractivity contribution in [1.29, 1.82) is 0 Å². The van der Waals surface area contributed by atoms with Crippen LogP contribution >= 0.6 is 0 Å². The number of aromatic nitrogens is 3. The van der Waals surface area contributed by atoms with Gasteiger partial charge in [0.05, 0.1) is 10.6 Å². The maximum absolute atomic E-state index is 12.5. The van der Waals surface area contributed by atoms with E-state index in [9.17, 15) is 13.2 Å². The second-order valence-electron chi connectivity index (χ2n) is 7.36. The second-order valence-corrected chi connectivity index (χ2v) is 9.47. The van der Waals surface area contributed by atoms with Gasteiger partial charge >= 0.3 is 0 Å². The van der Waals surface area contributed by atoms with E-state index in [1.165, 1.54) is 0 Å². The summed E-state index contributed by atoms with van der Waals surface area (Å²) >= 11 is 0. The highest BCUT2D eigenvalue weighted by Crippen LogP contribution is 2.23. The molecule has 1 unspecified atom stereocenters. The van der Waals surface area contributed by atoms with Crippen LogP contribution in [0.4, 0.5) is 0 Å². The quantitative estimate of drug-likeness (QED) is 0.586. The first-order chi connectivity index (χ1) is 14.3. The molecule has 0 aliphatic rings. The molecular weight excluding hydrogens is 404 g/mol. The lowest BCUT2D eigenvalue weighted by molar-refractivity contribution is -0.122. The molecule has 8 nitrogen and oxygen atoms in total. The molecule has 0 radical (unpaired) electrons.